The van der Waals surface area contributed by atoms with Crippen LogP contribution in [0.15, 0.2) is 18.2 Å². The zero-order valence-corrected chi connectivity index (χ0v) is 11.5. The van der Waals surface area contributed by atoms with Gasteiger partial charge in [0.25, 0.3) is 0 Å². The molecule has 1 aromatic carbocycles. The zero-order chi connectivity index (χ0) is 14.5. The Kier molecular flexibility index (Phi) is 4.52. The third kappa shape index (κ3) is 3.67. The highest BCUT2D eigenvalue weighted by Crippen LogP contribution is 2.25. The number of benzene rings is 1. The predicted molar refractivity (Wildman–Crippen MR) is 74.7 cm³/mol. The van der Waals surface area contributed by atoms with Crippen LogP contribution in [0.3, 0.4) is 0 Å². The Morgan fingerprint density at radius 2 is 2.15 bits per heavy atom. The Hall–Kier alpha value is -2.15. The van der Waals surface area contributed by atoms with Gasteiger partial charge in [0.05, 0.1) is 17.3 Å². The number of nitrogens with one attached hydrogen (secondary N) is 1. The summed E-state index contributed by atoms with van der Waals surface area (Å²) in [6.07, 6.45) is 0.818. The second kappa shape index (κ2) is 6.33. The third-order valence-electron chi connectivity index (χ3n) is 2.25. The van der Waals surface area contributed by atoms with E-state index in [1.165, 1.54) is 18.2 Å². The molecule has 1 aromatic heterocycles. The highest BCUT2D eigenvalue weighted by molar-refractivity contribution is 6.33. The van der Waals surface area contributed by atoms with Gasteiger partial charge in [-0.1, -0.05) is 18.5 Å². The first kappa shape index (κ1) is 14.3. The van der Waals surface area contributed by atoms with Crippen molar-refractivity contribution in [1.29, 1.82) is 0 Å². The summed E-state index contributed by atoms with van der Waals surface area (Å²) in [5.74, 6) is -0.230. The molecule has 0 unspecified atom stereocenters. The van der Waals surface area contributed by atoms with E-state index < -0.39 is 5.82 Å². The quantitative estimate of drug-likeness (QED) is 0.882. The van der Waals surface area contributed by atoms with E-state index in [1.54, 1.807) is 0 Å². The first-order valence-electron chi connectivity index (χ1n) is 5.95. The van der Waals surface area contributed by atoms with Crippen LogP contribution in [-0.2, 0) is 0 Å². The lowest BCUT2D eigenvalue weighted by Crippen LogP contribution is -2.07. The molecular formula is C12H13ClFN5O. The van der Waals surface area contributed by atoms with E-state index in [0.29, 0.717) is 12.3 Å². The molecular weight excluding hydrogens is 285 g/mol. The van der Waals surface area contributed by atoms with Gasteiger partial charge in [0.2, 0.25) is 11.9 Å². The summed E-state index contributed by atoms with van der Waals surface area (Å²) in [4.78, 5) is 11.8. The number of nitrogens with zero attached hydrogens (tertiary/aromatic N) is 3. The topological polar surface area (TPSA) is 86.0 Å². The highest BCUT2D eigenvalue weighted by atomic mass is 35.5. The van der Waals surface area contributed by atoms with Gasteiger partial charge in [-0.2, -0.15) is 15.0 Å². The molecule has 0 aliphatic heterocycles. The molecule has 0 fully saturated rings. The number of anilines is 3. The minimum absolute atomic E-state index is 0.0202. The number of rotatable bonds is 5. The van der Waals surface area contributed by atoms with E-state index in [1.807, 2.05) is 6.92 Å². The van der Waals surface area contributed by atoms with Gasteiger partial charge < -0.3 is 15.8 Å². The van der Waals surface area contributed by atoms with E-state index in [4.69, 9.17) is 22.1 Å². The molecule has 0 radical (unpaired) electrons. The van der Waals surface area contributed by atoms with Crippen molar-refractivity contribution in [2.24, 2.45) is 0 Å². The molecule has 6 nitrogen and oxygen atoms in total. The number of ether oxygens (including phenoxy) is 1. The Balaban J connectivity index is 2.21. The first-order chi connectivity index (χ1) is 9.58. The molecule has 8 heteroatoms. The van der Waals surface area contributed by atoms with E-state index in [-0.39, 0.29) is 22.9 Å². The standard InChI is InChI=1S/C12H13ClFN5O/c1-2-5-20-12-18-10(15)17-11(19-12)16-9-4-3-7(14)6-8(9)13/h3-4,6H,2,5H2,1H3,(H3,15,16,17,18,19). The molecule has 0 aliphatic rings. The van der Waals surface area contributed by atoms with Crippen molar-refractivity contribution in [3.05, 3.63) is 29.0 Å². The summed E-state index contributed by atoms with van der Waals surface area (Å²) >= 11 is 5.91. The van der Waals surface area contributed by atoms with Gasteiger partial charge in [0, 0.05) is 0 Å². The van der Waals surface area contributed by atoms with Crippen LogP contribution >= 0.6 is 11.6 Å². The van der Waals surface area contributed by atoms with Crippen LogP contribution in [0, 0.1) is 5.82 Å². The maximum atomic E-state index is 13.0. The third-order valence-corrected chi connectivity index (χ3v) is 2.56. The Labute approximate surface area is 120 Å². The molecule has 1 heterocycles. The number of halogens is 2. The van der Waals surface area contributed by atoms with Crippen LogP contribution in [-0.4, -0.2) is 21.6 Å². The largest absolute Gasteiger partial charge is 0.463 e. The van der Waals surface area contributed by atoms with Gasteiger partial charge in [-0.15, -0.1) is 0 Å². The van der Waals surface area contributed by atoms with E-state index in [9.17, 15) is 4.39 Å². The zero-order valence-electron chi connectivity index (χ0n) is 10.7. The molecule has 0 amide bonds. The minimum atomic E-state index is -0.428. The predicted octanol–water partition coefficient (Wildman–Crippen LogP) is 2.78. The van der Waals surface area contributed by atoms with Crippen molar-refractivity contribution in [2.75, 3.05) is 17.7 Å². The average Bonchev–Trinajstić information content (AvgIpc) is 2.39. The minimum Gasteiger partial charge on any atom is -0.463 e. The van der Waals surface area contributed by atoms with Crippen LogP contribution < -0.4 is 15.8 Å². The lowest BCUT2D eigenvalue weighted by molar-refractivity contribution is 0.292. The molecule has 0 bridgehead atoms. The summed E-state index contributed by atoms with van der Waals surface area (Å²) in [6, 6.07) is 4.06. The molecule has 3 N–H and O–H groups in total. The van der Waals surface area contributed by atoms with Crippen LogP contribution in [0.1, 0.15) is 13.3 Å². The summed E-state index contributed by atoms with van der Waals surface area (Å²) in [5.41, 5.74) is 6.03. The van der Waals surface area contributed by atoms with Gasteiger partial charge in [-0.3, -0.25) is 0 Å². The number of hydrogen-bond donors (Lipinski definition) is 2. The molecule has 2 rings (SSSR count). The second-order valence-corrected chi connectivity index (χ2v) is 4.30. The number of nitrogens with two attached hydrogens (primary N) is 1. The Morgan fingerprint density at radius 3 is 2.85 bits per heavy atom. The normalized spacial score (nSPS) is 10.3. The maximum absolute atomic E-state index is 13.0. The van der Waals surface area contributed by atoms with Gasteiger partial charge >= 0.3 is 6.01 Å². The molecule has 20 heavy (non-hydrogen) atoms. The molecule has 0 saturated heterocycles. The smallest absolute Gasteiger partial charge is 0.323 e. The lowest BCUT2D eigenvalue weighted by atomic mass is 10.3. The summed E-state index contributed by atoms with van der Waals surface area (Å²) in [6.45, 7) is 2.43. The average molecular weight is 298 g/mol. The molecule has 2 aromatic rings. The van der Waals surface area contributed by atoms with Gasteiger partial charge in [0.1, 0.15) is 5.82 Å². The van der Waals surface area contributed by atoms with Crippen LogP contribution in [0.2, 0.25) is 5.02 Å². The van der Waals surface area contributed by atoms with Crippen molar-refractivity contribution in [3.63, 3.8) is 0 Å². The molecule has 0 spiro atoms. The van der Waals surface area contributed by atoms with Gasteiger partial charge in [-0.25, -0.2) is 4.39 Å². The summed E-state index contributed by atoms with van der Waals surface area (Å²) in [5, 5.41) is 3.04. The summed E-state index contributed by atoms with van der Waals surface area (Å²) in [7, 11) is 0. The Bertz CT molecular complexity index is 610. The summed E-state index contributed by atoms with van der Waals surface area (Å²) < 4.78 is 18.2. The fraction of sp³-hybridized carbons (Fsp3) is 0.250. The monoisotopic (exact) mass is 297 g/mol. The van der Waals surface area contributed by atoms with Crippen LogP contribution in [0.4, 0.5) is 22.0 Å². The van der Waals surface area contributed by atoms with Crippen molar-refractivity contribution < 1.29 is 9.13 Å². The lowest BCUT2D eigenvalue weighted by Gasteiger charge is -2.09. The van der Waals surface area contributed by atoms with Gasteiger partial charge in [-0.05, 0) is 24.6 Å². The van der Waals surface area contributed by atoms with Gasteiger partial charge in [0.15, 0.2) is 0 Å². The van der Waals surface area contributed by atoms with E-state index in [0.717, 1.165) is 6.42 Å². The fourth-order valence-electron chi connectivity index (χ4n) is 1.40. The maximum Gasteiger partial charge on any atom is 0.323 e. The van der Waals surface area contributed by atoms with E-state index >= 15 is 0 Å². The second-order valence-electron chi connectivity index (χ2n) is 3.90. The SMILES string of the molecule is CCCOc1nc(N)nc(Nc2ccc(F)cc2Cl)n1. The number of aromatic nitrogens is 3. The van der Waals surface area contributed by atoms with Crippen molar-refractivity contribution >= 4 is 29.2 Å². The van der Waals surface area contributed by atoms with Crippen LogP contribution in [0.25, 0.3) is 0 Å². The van der Waals surface area contributed by atoms with Crippen LogP contribution in [0.5, 0.6) is 6.01 Å². The number of nitrogen functional groups attached to an aromatic ring is 1. The van der Waals surface area contributed by atoms with Crippen molar-refractivity contribution in [1.82, 2.24) is 15.0 Å². The highest BCUT2D eigenvalue weighted by Gasteiger charge is 2.08. The first-order valence-corrected chi connectivity index (χ1v) is 6.32. The molecule has 0 atom stereocenters. The van der Waals surface area contributed by atoms with E-state index in [2.05, 4.69) is 20.3 Å². The van der Waals surface area contributed by atoms with Crippen molar-refractivity contribution in [3.8, 4) is 6.01 Å². The Morgan fingerprint density at radius 1 is 1.35 bits per heavy atom. The fourth-order valence-corrected chi connectivity index (χ4v) is 1.61. The molecule has 0 saturated carbocycles. The molecule has 106 valence electrons. The molecule has 0 aliphatic carbocycles. The van der Waals surface area contributed by atoms with Crippen molar-refractivity contribution in [2.45, 2.75) is 13.3 Å². The number of hydrogen-bond acceptors (Lipinski definition) is 6.